The highest BCUT2D eigenvalue weighted by Gasteiger charge is 2.25. The number of amides is 2. The summed E-state index contributed by atoms with van der Waals surface area (Å²) in [5, 5.41) is 9.02. The monoisotopic (exact) mass is 486 g/mol. The van der Waals surface area contributed by atoms with E-state index in [1.807, 2.05) is 24.4 Å². The van der Waals surface area contributed by atoms with E-state index < -0.39 is 0 Å². The number of pyridine rings is 1. The number of carbonyl (C=O) groups is 2. The van der Waals surface area contributed by atoms with Crippen molar-refractivity contribution in [3.05, 3.63) is 77.1 Å². The molecule has 35 heavy (non-hydrogen) atoms. The average molecular weight is 487 g/mol. The standard InChI is InChI=1S/C26H26N6O2S/c33-24-23(35-26(34)32-24)15-21-11-13-28-25(31-21)30-20-9-7-19(8-10-20)29-16-17-4-3-5-18(14-17)22-6-1-2-12-27-22/h1-6,11-15,19-20,29H,7-10,16H2,(H,28,30,31)(H,32,33,34). The third kappa shape index (κ3) is 6.12. The zero-order chi connectivity index (χ0) is 24.0. The summed E-state index contributed by atoms with van der Waals surface area (Å²) in [4.78, 5) is 36.7. The molecular formula is C26H26N6O2S. The second-order valence-electron chi connectivity index (χ2n) is 8.65. The Morgan fingerprint density at radius 1 is 0.971 bits per heavy atom. The van der Waals surface area contributed by atoms with Gasteiger partial charge in [0.05, 0.1) is 16.3 Å². The summed E-state index contributed by atoms with van der Waals surface area (Å²) in [6, 6.07) is 17.0. The fraction of sp³-hybridized carbons (Fsp3) is 0.269. The van der Waals surface area contributed by atoms with Crippen LogP contribution >= 0.6 is 11.8 Å². The molecule has 1 aliphatic heterocycles. The number of imide groups is 1. The first kappa shape index (κ1) is 23.2. The van der Waals surface area contributed by atoms with Gasteiger partial charge in [-0.25, -0.2) is 9.97 Å². The third-order valence-electron chi connectivity index (χ3n) is 6.14. The molecule has 0 unspecified atom stereocenters. The topological polar surface area (TPSA) is 109 Å². The van der Waals surface area contributed by atoms with Gasteiger partial charge in [-0.15, -0.1) is 0 Å². The van der Waals surface area contributed by atoms with Crippen LogP contribution in [0.5, 0.6) is 0 Å². The molecule has 5 rings (SSSR count). The molecular weight excluding hydrogens is 460 g/mol. The van der Waals surface area contributed by atoms with E-state index in [0.29, 0.717) is 28.6 Å². The van der Waals surface area contributed by atoms with Crippen molar-refractivity contribution in [1.82, 2.24) is 25.6 Å². The molecule has 8 nitrogen and oxygen atoms in total. The summed E-state index contributed by atoms with van der Waals surface area (Å²) in [5.74, 6) is 0.152. The van der Waals surface area contributed by atoms with Crippen molar-refractivity contribution in [3.63, 3.8) is 0 Å². The summed E-state index contributed by atoms with van der Waals surface area (Å²) in [6.45, 7) is 0.831. The molecule has 2 amide bonds. The van der Waals surface area contributed by atoms with Crippen molar-refractivity contribution in [3.8, 4) is 11.3 Å². The molecule has 0 bridgehead atoms. The number of hydrogen-bond acceptors (Lipinski definition) is 8. The molecule has 1 aromatic carbocycles. The Kier molecular flexibility index (Phi) is 7.15. The molecule has 178 valence electrons. The molecule has 1 saturated heterocycles. The number of hydrogen-bond donors (Lipinski definition) is 3. The number of rotatable bonds is 7. The Morgan fingerprint density at radius 3 is 2.60 bits per heavy atom. The Morgan fingerprint density at radius 2 is 1.83 bits per heavy atom. The smallest absolute Gasteiger partial charge is 0.290 e. The van der Waals surface area contributed by atoms with Crippen LogP contribution in [-0.2, 0) is 11.3 Å². The molecule has 0 atom stereocenters. The van der Waals surface area contributed by atoms with Gasteiger partial charge in [0.15, 0.2) is 0 Å². The summed E-state index contributed by atoms with van der Waals surface area (Å²) in [7, 11) is 0. The maximum atomic E-state index is 11.8. The first-order chi connectivity index (χ1) is 17.1. The molecule has 3 heterocycles. The lowest BCUT2D eigenvalue weighted by molar-refractivity contribution is -0.115. The van der Waals surface area contributed by atoms with Crippen LogP contribution in [0.3, 0.4) is 0 Å². The number of nitrogens with zero attached hydrogens (tertiary/aromatic N) is 3. The lowest BCUT2D eigenvalue weighted by atomic mass is 9.91. The van der Waals surface area contributed by atoms with Crippen LogP contribution < -0.4 is 16.0 Å². The van der Waals surface area contributed by atoms with E-state index in [0.717, 1.165) is 55.2 Å². The van der Waals surface area contributed by atoms with Gasteiger partial charge in [0.2, 0.25) is 5.95 Å². The van der Waals surface area contributed by atoms with Crippen LogP contribution in [0.15, 0.2) is 65.8 Å². The first-order valence-corrected chi connectivity index (χ1v) is 12.5. The second-order valence-corrected chi connectivity index (χ2v) is 9.66. The van der Waals surface area contributed by atoms with Gasteiger partial charge in [-0.2, -0.15) is 0 Å². The number of anilines is 1. The molecule has 9 heteroatoms. The van der Waals surface area contributed by atoms with Gasteiger partial charge in [0.25, 0.3) is 11.1 Å². The van der Waals surface area contributed by atoms with E-state index >= 15 is 0 Å². The van der Waals surface area contributed by atoms with Gasteiger partial charge in [0, 0.05) is 36.6 Å². The largest absolute Gasteiger partial charge is 0.351 e. The summed E-state index contributed by atoms with van der Waals surface area (Å²) < 4.78 is 0. The summed E-state index contributed by atoms with van der Waals surface area (Å²) >= 11 is 0.883. The van der Waals surface area contributed by atoms with Gasteiger partial charge in [-0.05, 0) is 73.4 Å². The van der Waals surface area contributed by atoms with Crippen molar-refractivity contribution in [1.29, 1.82) is 0 Å². The summed E-state index contributed by atoms with van der Waals surface area (Å²) in [6.07, 6.45) is 9.27. The Balaban J connectivity index is 1.11. The molecule has 2 fully saturated rings. The van der Waals surface area contributed by atoms with Crippen LogP contribution in [0.25, 0.3) is 17.3 Å². The normalized spacial score (nSPS) is 21.2. The number of thioether (sulfide) groups is 1. The van der Waals surface area contributed by atoms with Crippen LogP contribution in [0.2, 0.25) is 0 Å². The quantitative estimate of drug-likeness (QED) is 0.422. The Hall–Kier alpha value is -3.56. The SMILES string of the molecule is O=C1NC(=O)C(=Cc2ccnc(NC3CCC(NCc4cccc(-c5ccccn5)c4)CC3)n2)S1. The molecule has 1 saturated carbocycles. The maximum Gasteiger partial charge on any atom is 0.290 e. The first-order valence-electron chi connectivity index (χ1n) is 11.7. The van der Waals surface area contributed by atoms with Crippen molar-refractivity contribution in [2.24, 2.45) is 0 Å². The predicted octanol–water partition coefficient (Wildman–Crippen LogP) is 4.38. The van der Waals surface area contributed by atoms with Crippen molar-refractivity contribution < 1.29 is 9.59 Å². The van der Waals surface area contributed by atoms with E-state index in [-0.39, 0.29) is 11.1 Å². The van der Waals surface area contributed by atoms with E-state index in [1.54, 1.807) is 18.3 Å². The van der Waals surface area contributed by atoms with Gasteiger partial charge in [0.1, 0.15) is 0 Å². The third-order valence-corrected chi connectivity index (χ3v) is 6.95. The molecule has 3 N–H and O–H groups in total. The fourth-order valence-electron chi connectivity index (χ4n) is 4.34. The van der Waals surface area contributed by atoms with E-state index in [9.17, 15) is 9.59 Å². The maximum absolute atomic E-state index is 11.8. The van der Waals surface area contributed by atoms with Crippen LogP contribution in [0, 0.1) is 0 Å². The lowest BCUT2D eigenvalue weighted by Gasteiger charge is -2.30. The molecule has 3 aromatic rings. The van der Waals surface area contributed by atoms with Crippen molar-refractivity contribution in [2.45, 2.75) is 44.3 Å². The van der Waals surface area contributed by atoms with Gasteiger partial charge >= 0.3 is 0 Å². The number of nitrogens with one attached hydrogen (secondary N) is 3. The highest BCUT2D eigenvalue weighted by molar-refractivity contribution is 8.18. The number of benzene rings is 1. The zero-order valence-electron chi connectivity index (χ0n) is 19.1. The number of carbonyl (C=O) groups excluding carboxylic acids is 2. The van der Waals surface area contributed by atoms with E-state index in [2.05, 4.69) is 55.2 Å². The average Bonchev–Trinajstić information content (AvgIpc) is 3.20. The predicted molar refractivity (Wildman–Crippen MR) is 137 cm³/mol. The van der Waals surface area contributed by atoms with Gasteiger partial charge in [-0.3, -0.25) is 19.9 Å². The van der Waals surface area contributed by atoms with E-state index in [4.69, 9.17) is 0 Å². The van der Waals surface area contributed by atoms with Gasteiger partial charge in [-0.1, -0.05) is 24.3 Å². The van der Waals surface area contributed by atoms with Crippen molar-refractivity contribution >= 4 is 34.9 Å². The Labute approximate surface area is 208 Å². The van der Waals surface area contributed by atoms with Crippen LogP contribution in [0.4, 0.5) is 10.7 Å². The second kappa shape index (κ2) is 10.8. The van der Waals surface area contributed by atoms with Crippen molar-refractivity contribution in [2.75, 3.05) is 5.32 Å². The van der Waals surface area contributed by atoms with Crippen LogP contribution in [-0.4, -0.2) is 38.2 Å². The summed E-state index contributed by atoms with van der Waals surface area (Å²) in [5.41, 5.74) is 3.97. The molecule has 2 aliphatic rings. The minimum absolute atomic E-state index is 0.300. The fourth-order valence-corrected chi connectivity index (χ4v) is 5.01. The molecule has 0 radical (unpaired) electrons. The Bertz CT molecular complexity index is 1240. The lowest BCUT2D eigenvalue weighted by Crippen LogP contribution is -2.36. The highest BCUT2D eigenvalue weighted by Crippen LogP contribution is 2.26. The molecule has 1 aliphatic carbocycles. The molecule has 2 aromatic heterocycles. The number of aromatic nitrogens is 3. The van der Waals surface area contributed by atoms with E-state index in [1.165, 1.54) is 5.56 Å². The minimum Gasteiger partial charge on any atom is -0.351 e. The zero-order valence-corrected chi connectivity index (χ0v) is 19.9. The molecule has 0 spiro atoms. The highest BCUT2D eigenvalue weighted by atomic mass is 32.2. The van der Waals surface area contributed by atoms with Crippen LogP contribution in [0.1, 0.15) is 36.9 Å². The van der Waals surface area contributed by atoms with Gasteiger partial charge < -0.3 is 10.6 Å². The minimum atomic E-state index is -0.387.